The summed E-state index contributed by atoms with van der Waals surface area (Å²) in [6.07, 6.45) is 3.89. The summed E-state index contributed by atoms with van der Waals surface area (Å²) in [5, 5.41) is 9.66. The molecule has 3 rings (SSSR count). The molecule has 1 aliphatic rings. The number of aliphatic hydroxyl groups is 1. The Bertz CT molecular complexity index is 979. The number of carbonyl (C=O) groups is 1. The van der Waals surface area contributed by atoms with Crippen LogP contribution in [0.4, 0.5) is 5.69 Å². The SMILES string of the molecule is CCCCc1ccc(NS(=O)(=O)c2ccc(C)c(C(=O)N3CCC(O)CC3)c2)cc1. The zero-order valence-electron chi connectivity index (χ0n) is 17.6. The van der Waals surface area contributed by atoms with E-state index < -0.39 is 10.0 Å². The lowest BCUT2D eigenvalue weighted by Gasteiger charge is -2.30. The van der Waals surface area contributed by atoms with Crippen LogP contribution in [0.2, 0.25) is 0 Å². The van der Waals surface area contributed by atoms with Crippen molar-refractivity contribution in [3.63, 3.8) is 0 Å². The molecule has 0 atom stereocenters. The molecule has 7 heteroatoms. The number of amides is 1. The first-order valence-electron chi connectivity index (χ1n) is 10.5. The van der Waals surface area contributed by atoms with E-state index in [1.54, 1.807) is 30.0 Å². The summed E-state index contributed by atoms with van der Waals surface area (Å²) in [7, 11) is -3.82. The minimum atomic E-state index is -3.82. The number of unbranched alkanes of at least 4 members (excludes halogenated alkanes) is 1. The van der Waals surface area contributed by atoms with Crippen LogP contribution in [0, 0.1) is 6.92 Å². The third-order valence-electron chi connectivity index (χ3n) is 5.53. The lowest BCUT2D eigenvalue weighted by atomic mass is 10.0. The van der Waals surface area contributed by atoms with Crippen LogP contribution in [0.1, 0.15) is 54.1 Å². The van der Waals surface area contributed by atoms with E-state index in [0.717, 1.165) is 24.8 Å². The van der Waals surface area contributed by atoms with Gasteiger partial charge < -0.3 is 10.0 Å². The van der Waals surface area contributed by atoms with Crippen LogP contribution in [0.3, 0.4) is 0 Å². The number of carbonyl (C=O) groups excluding carboxylic acids is 1. The normalized spacial score (nSPS) is 15.2. The Balaban J connectivity index is 1.77. The molecule has 162 valence electrons. The van der Waals surface area contributed by atoms with Crippen molar-refractivity contribution in [2.75, 3.05) is 17.8 Å². The van der Waals surface area contributed by atoms with Gasteiger partial charge in [-0.05, 0) is 68.0 Å². The molecule has 0 saturated carbocycles. The maximum atomic E-state index is 12.9. The molecule has 1 fully saturated rings. The number of nitrogens with one attached hydrogen (secondary N) is 1. The number of piperidine rings is 1. The third kappa shape index (κ3) is 5.40. The van der Waals surface area contributed by atoms with Crippen molar-refractivity contribution in [1.82, 2.24) is 4.90 Å². The van der Waals surface area contributed by atoms with E-state index in [9.17, 15) is 18.3 Å². The van der Waals surface area contributed by atoms with Crippen molar-refractivity contribution in [2.24, 2.45) is 0 Å². The van der Waals surface area contributed by atoms with Gasteiger partial charge in [0, 0.05) is 24.3 Å². The number of sulfonamides is 1. The van der Waals surface area contributed by atoms with E-state index in [0.29, 0.717) is 37.2 Å². The lowest BCUT2D eigenvalue weighted by molar-refractivity contribution is 0.0545. The molecule has 0 unspecified atom stereocenters. The number of benzene rings is 2. The van der Waals surface area contributed by atoms with Crippen LogP contribution in [-0.2, 0) is 16.4 Å². The average Bonchev–Trinajstić information content (AvgIpc) is 2.73. The molecule has 0 aliphatic carbocycles. The highest BCUT2D eigenvalue weighted by atomic mass is 32.2. The largest absolute Gasteiger partial charge is 0.393 e. The Morgan fingerprint density at radius 3 is 2.43 bits per heavy atom. The smallest absolute Gasteiger partial charge is 0.261 e. The number of aliphatic hydroxyl groups excluding tert-OH is 1. The number of anilines is 1. The van der Waals surface area contributed by atoms with Crippen molar-refractivity contribution in [2.45, 2.75) is 57.0 Å². The molecule has 2 N–H and O–H groups in total. The second-order valence-corrected chi connectivity index (χ2v) is 9.59. The van der Waals surface area contributed by atoms with E-state index in [1.807, 2.05) is 12.1 Å². The van der Waals surface area contributed by atoms with Gasteiger partial charge in [0.05, 0.1) is 11.0 Å². The van der Waals surface area contributed by atoms with Gasteiger partial charge in [0.15, 0.2) is 0 Å². The Morgan fingerprint density at radius 2 is 1.80 bits per heavy atom. The van der Waals surface area contributed by atoms with Crippen LogP contribution in [0.15, 0.2) is 47.4 Å². The molecule has 2 aromatic rings. The number of hydrogen-bond acceptors (Lipinski definition) is 4. The number of rotatable bonds is 7. The summed E-state index contributed by atoms with van der Waals surface area (Å²) in [5.41, 5.74) is 2.78. The van der Waals surface area contributed by atoms with Crippen LogP contribution in [0.5, 0.6) is 0 Å². The van der Waals surface area contributed by atoms with Gasteiger partial charge in [0.1, 0.15) is 0 Å². The maximum Gasteiger partial charge on any atom is 0.261 e. The summed E-state index contributed by atoms with van der Waals surface area (Å²) in [6, 6.07) is 12.0. The first kappa shape index (κ1) is 22.3. The molecule has 0 bridgehead atoms. The Hall–Kier alpha value is -2.38. The highest BCUT2D eigenvalue weighted by Gasteiger charge is 2.25. The van der Waals surface area contributed by atoms with Gasteiger partial charge in [-0.25, -0.2) is 8.42 Å². The van der Waals surface area contributed by atoms with Crippen molar-refractivity contribution >= 4 is 21.6 Å². The molecular formula is C23H30N2O4S. The first-order valence-corrected chi connectivity index (χ1v) is 12.0. The van der Waals surface area contributed by atoms with Crippen LogP contribution in [-0.4, -0.2) is 43.5 Å². The lowest BCUT2D eigenvalue weighted by Crippen LogP contribution is -2.40. The summed E-state index contributed by atoms with van der Waals surface area (Å²) in [4.78, 5) is 14.7. The fraction of sp³-hybridized carbons (Fsp3) is 0.435. The van der Waals surface area contributed by atoms with Crippen LogP contribution in [0.25, 0.3) is 0 Å². The number of nitrogens with zero attached hydrogens (tertiary/aromatic N) is 1. The minimum Gasteiger partial charge on any atom is -0.393 e. The molecule has 2 aromatic carbocycles. The van der Waals surface area contributed by atoms with E-state index >= 15 is 0 Å². The predicted octanol–water partition coefficient (Wildman–Crippen LogP) is 3.74. The first-order chi connectivity index (χ1) is 14.3. The number of likely N-dealkylation sites (tertiary alicyclic amines) is 1. The number of hydrogen-bond donors (Lipinski definition) is 2. The highest BCUT2D eigenvalue weighted by Crippen LogP contribution is 2.22. The topological polar surface area (TPSA) is 86.7 Å². The summed E-state index contributed by atoms with van der Waals surface area (Å²) < 4.78 is 28.4. The van der Waals surface area contributed by atoms with Crippen molar-refractivity contribution < 1.29 is 18.3 Å². The summed E-state index contributed by atoms with van der Waals surface area (Å²) in [6.45, 7) is 4.88. The molecule has 1 heterocycles. The molecule has 1 amide bonds. The Kier molecular flexibility index (Phi) is 7.15. The third-order valence-corrected chi connectivity index (χ3v) is 6.91. The molecule has 1 saturated heterocycles. The van der Waals surface area contributed by atoms with Gasteiger partial charge in [-0.2, -0.15) is 0 Å². The highest BCUT2D eigenvalue weighted by molar-refractivity contribution is 7.92. The van der Waals surface area contributed by atoms with Crippen LogP contribution < -0.4 is 4.72 Å². The second kappa shape index (κ2) is 9.62. The molecule has 0 aromatic heterocycles. The quantitative estimate of drug-likeness (QED) is 0.701. The van der Waals surface area contributed by atoms with Crippen molar-refractivity contribution in [1.29, 1.82) is 0 Å². The zero-order valence-corrected chi connectivity index (χ0v) is 18.4. The fourth-order valence-electron chi connectivity index (χ4n) is 3.57. The molecular weight excluding hydrogens is 400 g/mol. The van der Waals surface area contributed by atoms with Gasteiger partial charge in [0.2, 0.25) is 0 Å². The van der Waals surface area contributed by atoms with E-state index in [1.165, 1.54) is 17.7 Å². The average molecular weight is 431 g/mol. The molecule has 0 radical (unpaired) electrons. The molecule has 1 aliphatic heterocycles. The summed E-state index contributed by atoms with van der Waals surface area (Å²) >= 11 is 0. The predicted molar refractivity (Wildman–Crippen MR) is 118 cm³/mol. The Labute approximate surface area is 179 Å². The van der Waals surface area contributed by atoms with Gasteiger partial charge in [-0.1, -0.05) is 31.5 Å². The zero-order chi connectivity index (χ0) is 21.7. The van der Waals surface area contributed by atoms with E-state index in [4.69, 9.17) is 0 Å². The number of aryl methyl sites for hydroxylation is 2. The molecule has 30 heavy (non-hydrogen) atoms. The van der Waals surface area contributed by atoms with Crippen LogP contribution >= 0.6 is 0 Å². The van der Waals surface area contributed by atoms with Gasteiger partial charge >= 0.3 is 0 Å². The minimum absolute atomic E-state index is 0.0588. The van der Waals surface area contributed by atoms with Gasteiger partial charge in [-0.15, -0.1) is 0 Å². The molecule has 0 spiro atoms. The van der Waals surface area contributed by atoms with Crippen molar-refractivity contribution in [3.8, 4) is 0 Å². The Morgan fingerprint density at radius 1 is 1.13 bits per heavy atom. The van der Waals surface area contributed by atoms with E-state index in [-0.39, 0.29) is 16.9 Å². The standard InChI is InChI=1S/C23H30N2O4S/c1-3-4-5-18-7-9-19(10-8-18)24-30(28,29)21-11-6-17(2)22(16-21)23(27)25-14-12-20(26)13-15-25/h6-11,16,20,24,26H,3-5,12-15H2,1-2H3. The van der Waals surface area contributed by atoms with Gasteiger partial charge in [0.25, 0.3) is 15.9 Å². The summed E-state index contributed by atoms with van der Waals surface area (Å²) in [5.74, 6) is -0.197. The fourth-order valence-corrected chi connectivity index (χ4v) is 4.66. The van der Waals surface area contributed by atoms with E-state index in [2.05, 4.69) is 11.6 Å². The van der Waals surface area contributed by atoms with Gasteiger partial charge in [-0.3, -0.25) is 9.52 Å². The second-order valence-electron chi connectivity index (χ2n) is 7.91. The molecule has 6 nitrogen and oxygen atoms in total. The van der Waals surface area contributed by atoms with Crippen molar-refractivity contribution in [3.05, 3.63) is 59.2 Å². The maximum absolute atomic E-state index is 12.9. The monoisotopic (exact) mass is 430 g/mol.